The van der Waals surface area contributed by atoms with Gasteiger partial charge in [0.2, 0.25) is 5.91 Å². The molecule has 0 spiro atoms. The number of carbonyl (C=O) groups excluding carboxylic acids is 2. The van der Waals surface area contributed by atoms with Gasteiger partial charge in [-0.3, -0.25) is 14.3 Å². The van der Waals surface area contributed by atoms with Gasteiger partial charge in [0.25, 0.3) is 5.91 Å². The van der Waals surface area contributed by atoms with Gasteiger partial charge in [0.1, 0.15) is 0 Å². The van der Waals surface area contributed by atoms with Crippen molar-refractivity contribution in [3.05, 3.63) is 80.6 Å². The minimum Gasteiger partial charge on any atom is -0.332 e. The normalized spacial score (nSPS) is 10.8. The number of nitrogens with zero attached hydrogens (tertiary/aromatic N) is 3. The van der Waals surface area contributed by atoms with Crippen LogP contribution in [0.4, 0.5) is 5.69 Å². The smallest absolute Gasteiger partial charge is 0.257 e. The fourth-order valence-corrected chi connectivity index (χ4v) is 3.94. The van der Waals surface area contributed by atoms with Crippen LogP contribution < -0.4 is 5.32 Å². The molecule has 0 saturated carbocycles. The average molecular weight is 483 g/mol. The van der Waals surface area contributed by atoms with Gasteiger partial charge in [-0.1, -0.05) is 45.8 Å². The van der Waals surface area contributed by atoms with Crippen molar-refractivity contribution in [2.24, 2.45) is 0 Å². The van der Waals surface area contributed by atoms with Crippen molar-refractivity contribution in [2.45, 2.75) is 34.2 Å². The summed E-state index contributed by atoms with van der Waals surface area (Å²) in [6.45, 7) is 8.23. The Hall–Kier alpha value is -2.93. The number of benzene rings is 2. The molecular weight excluding hydrogens is 456 g/mol. The minimum absolute atomic E-state index is 0.0453. The van der Waals surface area contributed by atoms with Crippen molar-refractivity contribution >= 4 is 33.4 Å². The topological polar surface area (TPSA) is 67.2 Å². The van der Waals surface area contributed by atoms with Gasteiger partial charge < -0.3 is 10.2 Å². The first-order valence-corrected chi connectivity index (χ1v) is 10.9. The van der Waals surface area contributed by atoms with Crippen molar-refractivity contribution < 1.29 is 9.59 Å². The van der Waals surface area contributed by atoms with Gasteiger partial charge in [0.15, 0.2) is 0 Å². The molecule has 0 aliphatic rings. The standard InChI is InChI=1S/C24H27BrN4O2/c1-15-6-8-19(9-7-15)13-29-18(4)23(17(3)27-29)24(31)28(5)14-22(30)26-21-11-10-20(25)12-16(21)2/h6-12H,13-14H2,1-5H3,(H,26,30). The zero-order chi connectivity index (χ0) is 22.7. The summed E-state index contributed by atoms with van der Waals surface area (Å²) in [5.74, 6) is -0.462. The summed E-state index contributed by atoms with van der Waals surface area (Å²) in [6, 6.07) is 13.9. The summed E-state index contributed by atoms with van der Waals surface area (Å²) in [6.07, 6.45) is 0. The number of amides is 2. The van der Waals surface area contributed by atoms with E-state index in [-0.39, 0.29) is 18.4 Å². The number of aryl methyl sites for hydroxylation is 3. The lowest BCUT2D eigenvalue weighted by atomic mass is 10.1. The third-order valence-corrected chi connectivity index (χ3v) is 5.73. The Bertz CT molecular complexity index is 1120. The van der Waals surface area contributed by atoms with Crippen LogP contribution in [0.25, 0.3) is 0 Å². The molecule has 162 valence electrons. The van der Waals surface area contributed by atoms with Crippen molar-refractivity contribution in [1.29, 1.82) is 0 Å². The molecular formula is C24H27BrN4O2. The Morgan fingerprint density at radius 1 is 1.06 bits per heavy atom. The number of aromatic nitrogens is 2. The van der Waals surface area contributed by atoms with E-state index in [0.29, 0.717) is 17.8 Å². The summed E-state index contributed by atoms with van der Waals surface area (Å²) in [7, 11) is 1.63. The highest BCUT2D eigenvalue weighted by molar-refractivity contribution is 9.10. The first kappa shape index (κ1) is 22.7. The van der Waals surface area contributed by atoms with Gasteiger partial charge in [0, 0.05) is 22.9 Å². The Labute approximate surface area is 191 Å². The van der Waals surface area contributed by atoms with Gasteiger partial charge in [-0.2, -0.15) is 5.10 Å². The van der Waals surface area contributed by atoms with E-state index in [1.165, 1.54) is 10.5 Å². The number of nitrogens with one attached hydrogen (secondary N) is 1. The molecule has 3 rings (SSSR count). The van der Waals surface area contributed by atoms with Crippen LogP contribution >= 0.6 is 15.9 Å². The second-order valence-corrected chi connectivity index (χ2v) is 8.77. The van der Waals surface area contributed by atoms with Gasteiger partial charge in [-0.25, -0.2) is 0 Å². The van der Waals surface area contributed by atoms with Gasteiger partial charge in [-0.15, -0.1) is 0 Å². The maximum atomic E-state index is 13.1. The third kappa shape index (κ3) is 5.41. The molecule has 7 heteroatoms. The van der Waals surface area contributed by atoms with Crippen LogP contribution in [0.5, 0.6) is 0 Å². The number of rotatable bonds is 6. The highest BCUT2D eigenvalue weighted by Crippen LogP contribution is 2.20. The molecule has 31 heavy (non-hydrogen) atoms. The van der Waals surface area contributed by atoms with Crippen LogP contribution in [0.1, 0.15) is 38.4 Å². The highest BCUT2D eigenvalue weighted by Gasteiger charge is 2.23. The lowest BCUT2D eigenvalue weighted by Crippen LogP contribution is -2.35. The molecule has 0 atom stereocenters. The summed E-state index contributed by atoms with van der Waals surface area (Å²) in [5, 5.41) is 7.43. The zero-order valence-electron chi connectivity index (χ0n) is 18.5. The molecule has 0 saturated heterocycles. The van der Waals surface area contributed by atoms with Crippen molar-refractivity contribution in [3.8, 4) is 0 Å². The van der Waals surface area contributed by atoms with Crippen LogP contribution in [-0.4, -0.2) is 40.1 Å². The van der Waals surface area contributed by atoms with Crippen LogP contribution in [0, 0.1) is 27.7 Å². The number of hydrogen-bond acceptors (Lipinski definition) is 3. The minimum atomic E-state index is -0.247. The molecule has 0 aliphatic carbocycles. The summed E-state index contributed by atoms with van der Waals surface area (Å²) in [5.41, 5.74) is 5.99. The van der Waals surface area contributed by atoms with E-state index in [9.17, 15) is 9.59 Å². The van der Waals surface area contributed by atoms with E-state index in [1.54, 1.807) is 7.05 Å². The largest absolute Gasteiger partial charge is 0.332 e. The molecule has 2 aromatic carbocycles. The van der Waals surface area contributed by atoms with E-state index in [2.05, 4.69) is 50.6 Å². The summed E-state index contributed by atoms with van der Waals surface area (Å²) >= 11 is 3.41. The van der Waals surface area contributed by atoms with Gasteiger partial charge in [0.05, 0.1) is 24.3 Å². The summed E-state index contributed by atoms with van der Waals surface area (Å²) < 4.78 is 2.79. The predicted molar refractivity (Wildman–Crippen MR) is 126 cm³/mol. The van der Waals surface area contributed by atoms with Crippen LogP contribution in [0.15, 0.2) is 46.9 Å². The predicted octanol–water partition coefficient (Wildman–Crippen LogP) is 4.64. The molecule has 1 heterocycles. The quantitative estimate of drug-likeness (QED) is 0.556. The summed E-state index contributed by atoms with van der Waals surface area (Å²) in [4.78, 5) is 27.0. The number of halogens is 1. The molecule has 1 N–H and O–H groups in total. The molecule has 2 amide bonds. The highest BCUT2D eigenvalue weighted by atomic mass is 79.9. The fourth-order valence-electron chi connectivity index (χ4n) is 3.46. The van der Waals surface area contributed by atoms with Crippen LogP contribution in [0.3, 0.4) is 0 Å². The van der Waals surface area contributed by atoms with E-state index < -0.39 is 0 Å². The molecule has 0 aliphatic heterocycles. The molecule has 0 fully saturated rings. The molecule has 0 radical (unpaired) electrons. The van der Waals surface area contributed by atoms with Crippen molar-refractivity contribution in [3.63, 3.8) is 0 Å². The first-order valence-electron chi connectivity index (χ1n) is 10.1. The van der Waals surface area contributed by atoms with Gasteiger partial charge >= 0.3 is 0 Å². The number of anilines is 1. The molecule has 0 unspecified atom stereocenters. The lowest BCUT2D eigenvalue weighted by Gasteiger charge is -2.18. The zero-order valence-corrected chi connectivity index (χ0v) is 20.1. The fraction of sp³-hybridized carbons (Fsp3) is 0.292. The Morgan fingerprint density at radius 3 is 2.39 bits per heavy atom. The Morgan fingerprint density at radius 2 is 1.74 bits per heavy atom. The maximum absolute atomic E-state index is 13.1. The van der Waals surface area contributed by atoms with E-state index in [4.69, 9.17) is 0 Å². The van der Waals surface area contributed by atoms with E-state index in [0.717, 1.165) is 27.0 Å². The number of likely N-dealkylation sites (N-methyl/N-ethyl adjacent to an activating group) is 1. The van der Waals surface area contributed by atoms with Crippen molar-refractivity contribution in [1.82, 2.24) is 14.7 Å². The first-order chi connectivity index (χ1) is 14.7. The molecule has 3 aromatic rings. The molecule has 1 aromatic heterocycles. The van der Waals surface area contributed by atoms with Crippen LogP contribution in [-0.2, 0) is 11.3 Å². The Kier molecular flexibility index (Phi) is 6.95. The monoisotopic (exact) mass is 482 g/mol. The SMILES string of the molecule is Cc1ccc(Cn2nc(C)c(C(=O)N(C)CC(=O)Nc3ccc(Br)cc3C)c2C)cc1. The molecule has 0 bridgehead atoms. The lowest BCUT2D eigenvalue weighted by molar-refractivity contribution is -0.116. The number of hydrogen-bond donors (Lipinski definition) is 1. The molecule has 6 nitrogen and oxygen atoms in total. The third-order valence-electron chi connectivity index (χ3n) is 5.24. The van der Waals surface area contributed by atoms with Crippen LogP contribution in [0.2, 0.25) is 0 Å². The van der Waals surface area contributed by atoms with Crippen molar-refractivity contribution in [2.75, 3.05) is 18.9 Å². The van der Waals surface area contributed by atoms with E-state index >= 15 is 0 Å². The second kappa shape index (κ2) is 9.47. The van der Waals surface area contributed by atoms with E-state index in [1.807, 2.05) is 50.6 Å². The number of carbonyl (C=O) groups is 2. The average Bonchev–Trinajstić information content (AvgIpc) is 2.98. The maximum Gasteiger partial charge on any atom is 0.257 e. The Balaban J connectivity index is 1.70. The van der Waals surface area contributed by atoms with Gasteiger partial charge in [-0.05, 0) is 57.0 Å². The second-order valence-electron chi connectivity index (χ2n) is 7.86.